The summed E-state index contributed by atoms with van der Waals surface area (Å²) >= 11 is 0. The molecule has 0 radical (unpaired) electrons. The Morgan fingerprint density at radius 3 is 2.34 bits per heavy atom. The predicted molar refractivity (Wildman–Crippen MR) is 147 cm³/mol. The molecular formula is C32H29NO5. The van der Waals surface area contributed by atoms with Crippen LogP contribution in [0.1, 0.15) is 31.0 Å². The minimum absolute atomic E-state index is 0.0245. The number of ether oxygens (including phenoxy) is 2. The van der Waals surface area contributed by atoms with Crippen LogP contribution in [0.25, 0.3) is 16.5 Å². The Labute approximate surface area is 221 Å². The molecule has 1 atom stereocenters. The second-order valence-corrected chi connectivity index (χ2v) is 9.43. The molecule has 0 saturated carbocycles. The fourth-order valence-corrected chi connectivity index (χ4v) is 4.79. The third-order valence-corrected chi connectivity index (χ3v) is 6.52. The van der Waals surface area contributed by atoms with Gasteiger partial charge in [-0.1, -0.05) is 72.8 Å². The van der Waals surface area contributed by atoms with E-state index in [4.69, 9.17) is 9.47 Å². The number of aliphatic hydroxyl groups is 1. The standard InChI is InChI=1S/C32H29NO5/c1-21(2)37-19-18-33-29(23-12-8-15-25(20-23)38-24-13-4-3-5-14-24)28(31(35)32(33)36)30(34)27-17-9-11-22-10-6-7-16-26(22)27/h3-17,20-21,29,34H,18-19H2,1-2H3/b30-28-. The fourth-order valence-electron chi connectivity index (χ4n) is 4.79. The van der Waals surface area contributed by atoms with Gasteiger partial charge in [0.1, 0.15) is 17.3 Å². The fraction of sp³-hybridized carbons (Fsp3) is 0.188. The van der Waals surface area contributed by atoms with Crippen molar-refractivity contribution in [2.24, 2.45) is 0 Å². The number of carbonyl (C=O) groups is 2. The summed E-state index contributed by atoms with van der Waals surface area (Å²) in [7, 11) is 0. The van der Waals surface area contributed by atoms with Crippen molar-refractivity contribution in [3.63, 3.8) is 0 Å². The topological polar surface area (TPSA) is 76.1 Å². The molecule has 6 nitrogen and oxygen atoms in total. The quantitative estimate of drug-likeness (QED) is 0.168. The lowest BCUT2D eigenvalue weighted by Crippen LogP contribution is -2.33. The summed E-state index contributed by atoms with van der Waals surface area (Å²) in [6.45, 7) is 4.28. The minimum atomic E-state index is -0.802. The van der Waals surface area contributed by atoms with Crippen LogP contribution in [0.5, 0.6) is 11.5 Å². The number of nitrogens with zero attached hydrogens (tertiary/aromatic N) is 1. The molecule has 1 heterocycles. The SMILES string of the molecule is CC(C)OCCN1C(=O)C(=O)/C(=C(\O)c2cccc3ccccc23)C1c1cccc(Oc2ccccc2)c1. The molecular weight excluding hydrogens is 478 g/mol. The van der Waals surface area contributed by atoms with E-state index in [1.165, 1.54) is 4.90 Å². The summed E-state index contributed by atoms with van der Waals surface area (Å²) in [6.07, 6.45) is -0.0245. The van der Waals surface area contributed by atoms with Crippen LogP contribution in [0.3, 0.4) is 0 Å². The normalized spacial score (nSPS) is 16.9. The van der Waals surface area contributed by atoms with E-state index >= 15 is 0 Å². The number of aliphatic hydroxyl groups excluding tert-OH is 1. The van der Waals surface area contributed by atoms with Crippen molar-refractivity contribution in [2.45, 2.75) is 26.0 Å². The van der Waals surface area contributed by atoms with Crippen LogP contribution in [-0.2, 0) is 14.3 Å². The van der Waals surface area contributed by atoms with Gasteiger partial charge < -0.3 is 19.5 Å². The monoisotopic (exact) mass is 507 g/mol. The lowest BCUT2D eigenvalue weighted by atomic mass is 9.93. The molecule has 1 aliphatic rings. The van der Waals surface area contributed by atoms with Gasteiger partial charge in [-0.3, -0.25) is 9.59 Å². The van der Waals surface area contributed by atoms with Crippen molar-refractivity contribution in [3.8, 4) is 11.5 Å². The van der Waals surface area contributed by atoms with Gasteiger partial charge >= 0.3 is 0 Å². The maximum atomic E-state index is 13.4. The Hall–Kier alpha value is -4.42. The van der Waals surface area contributed by atoms with E-state index in [0.717, 1.165) is 10.8 Å². The van der Waals surface area contributed by atoms with Gasteiger partial charge in [0.15, 0.2) is 0 Å². The summed E-state index contributed by atoms with van der Waals surface area (Å²) in [5.41, 5.74) is 1.21. The summed E-state index contributed by atoms with van der Waals surface area (Å²) < 4.78 is 11.7. The summed E-state index contributed by atoms with van der Waals surface area (Å²) in [4.78, 5) is 28.2. The largest absolute Gasteiger partial charge is 0.507 e. The number of fused-ring (bicyclic) bond motifs is 1. The number of para-hydroxylation sites is 1. The zero-order valence-electron chi connectivity index (χ0n) is 21.3. The zero-order chi connectivity index (χ0) is 26.6. The Morgan fingerprint density at radius 2 is 1.55 bits per heavy atom. The van der Waals surface area contributed by atoms with E-state index in [-0.39, 0.29) is 30.6 Å². The van der Waals surface area contributed by atoms with Gasteiger partial charge in [0, 0.05) is 12.1 Å². The molecule has 4 aromatic rings. The van der Waals surface area contributed by atoms with Gasteiger partial charge in [-0.15, -0.1) is 0 Å². The van der Waals surface area contributed by atoms with Crippen LogP contribution in [0.4, 0.5) is 0 Å². The molecule has 1 saturated heterocycles. The molecule has 38 heavy (non-hydrogen) atoms. The molecule has 192 valence electrons. The van der Waals surface area contributed by atoms with Gasteiger partial charge in [0.2, 0.25) is 0 Å². The lowest BCUT2D eigenvalue weighted by molar-refractivity contribution is -0.140. The number of hydrogen-bond donors (Lipinski definition) is 1. The highest BCUT2D eigenvalue weighted by molar-refractivity contribution is 6.46. The first-order valence-corrected chi connectivity index (χ1v) is 12.6. The van der Waals surface area contributed by atoms with E-state index in [1.54, 1.807) is 12.1 Å². The third-order valence-electron chi connectivity index (χ3n) is 6.52. The summed E-state index contributed by atoms with van der Waals surface area (Å²) in [5.74, 6) is -0.368. The van der Waals surface area contributed by atoms with E-state index in [2.05, 4.69) is 0 Å². The Morgan fingerprint density at radius 1 is 0.868 bits per heavy atom. The molecule has 5 rings (SSSR count). The average Bonchev–Trinajstić information content (AvgIpc) is 3.18. The number of likely N-dealkylation sites (tertiary alicyclic amines) is 1. The molecule has 1 fully saturated rings. The highest BCUT2D eigenvalue weighted by atomic mass is 16.5. The second-order valence-electron chi connectivity index (χ2n) is 9.43. The smallest absolute Gasteiger partial charge is 0.295 e. The van der Waals surface area contributed by atoms with Crippen molar-refractivity contribution in [1.29, 1.82) is 0 Å². The van der Waals surface area contributed by atoms with Crippen molar-refractivity contribution in [3.05, 3.63) is 114 Å². The number of benzene rings is 4. The highest BCUT2D eigenvalue weighted by Crippen LogP contribution is 2.41. The molecule has 0 aromatic heterocycles. The molecule has 1 unspecified atom stereocenters. The van der Waals surface area contributed by atoms with Crippen LogP contribution in [0, 0.1) is 0 Å². The van der Waals surface area contributed by atoms with Gasteiger partial charge in [-0.05, 0) is 54.4 Å². The maximum absolute atomic E-state index is 13.4. The van der Waals surface area contributed by atoms with Gasteiger partial charge in [-0.25, -0.2) is 0 Å². The lowest BCUT2D eigenvalue weighted by Gasteiger charge is -2.26. The first-order chi connectivity index (χ1) is 18.4. The Kier molecular flexibility index (Phi) is 7.24. The van der Waals surface area contributed by atoms with Gasteiger partial charge in [-0.2, -0.15) is 0 Å². The first kappa shape index (κ1) is 25.2. The number of carbonyl (C=O) groups excluding carboxylic acids is 2. The van der Waals surface area contributed by atoms with Gasteiger partial charge in [0.25, 0.3) is 11.7 Å². The summed E-state index contributed by atoms with van der Waals surface area (Å²) in [5, 5.41) is 13.3. The maximum Gasteiger partial charge on any atom is 0.295 e. The van der Waals surface area contributed by atoms with Crippen LogP contribution in [0.15, 0.2) is 103 Å². The molecule has 6 heteroatoms. The van der Waals surface area contributed by atoms with Crippen LogP contribution in [-0.4, -0.2) is 41.0 Å². The van der Waals surface area contributed by atoms with Crippen LogP contribution < -0.4 is 4.74 Å². The number of amides is 1. The molecule has 0 spiro atoms. The van der Waals surface area contributed by atoms with Crippen molar-refractivity contribution in [2.75, 3.05) is 13.2 Å². The molecule has 0 aliphatic carbocycles. The first-order valence-electron chi connectivity index (χ1n) is 12.6. The zero-order valence-corrected chi connectivity index (χ0v) is 21.3. The van der Waals surface area contributed by atoms with E-state index in [1.807, 2.05) is 98.8 Å². The van der Waals surface area contributed by atoms with Crippen molar-refractivity contribution < 1.29 is 24.2 Å². The number of rotatable bonds is 8. The van der Waals surface area contributed by atoms with Crippen molar-refractivity contribution in [1.82, 2.24) is 4.90 Å². The van der Waals surface area contributed by atoms with E-state index in [0.29, 0.717) is 22.6 Å². The molecule has 4 aromatic carbocycles. The number of ketones is 1. The highest BCUT2D eigenvalue weighted by Gasteiger charge is 2.46. The molecule has 1 aliphatic heterocycles. The third kappa shape index (κ3) is 5.04. The molecule has 1 N–H and O–H groups in total. The summed E-state index contributed by atoms with van der Waals surface area (Å²) in [6, 6.07) is 29.0. The second kappa shape index (κ2) is 10.9. The molecule has 1 amide bonds. The average molecular weight is 508 g/mol. The predicted octanol–water partition coefficient (Wildman–Crippen LogP) is 6.48. The molecule has 0 bridgehead atoms. The van der Waals surface area contributed by atoms with Crippen LogP contribution in [0.2, 0.25) is 0 Å². The van der Waals surface area contributed by atoms with Gasteiger partial charge in [0.05, 0.1) is 24.3 Å². The Balaban J connectivity index is 1.62. The minimum Gasteiger partial charge on any atom is -0.507 e. The number of hydrogen-bond acceptors (Lipinski definition) is 5. The van der Waals surface area contributed by atoms with E-state index < -0.39 is 17.7 Å². The number of Topliss-reactive ketones (excluding diaryl/α,β-unsaturated/α-hetero) is 1. The van der Waals surface area contributed by atoms with E-state index in [9.17, 15) is 14.7 Å². The van der Waals surface area contributed by atoms with Crippen LogP contribution >= 0.6 is 0 Å². The Bertz CT molecular complexity index is 1500. The van der Waals surface area contributed by atoms with Crippen molar-refractivity contribution >= 4 is 28.2 Å².